The molecule has 1 atom stereocenters. The molecule has 34 heavy (non-hydrogen) atoms. The first-order valence-corrected chi connectivity index (χ1v) is 14.8. The van der Waals surface area contributed by atoms with Gasteiger partial charge in [-0.3, -0.25) is 9.59 Å². The molecule has 0 fully saturated rings. The number of amides is 1. The first-order chi connectivity index (χ1) is 16.5. The molecule has 0 aromatic rings. The van der Waals surface area contributed by atoms with Crippen LogP contribution >= 0.6 is 0 Å². The van der Waals surface area contributed by atoms with Crippen LogP contribution in [0.1, 0.15) is 155 Å². The maximum atomic E-state index is 12.7. The first kappa shape index (κ1) is 32.9. The van der Waals surface area contributed by atoms with E-state index in [1.165, 1.54) is 116 Å². The van der Waals surface area contributed by atoms with Gasteiger partial charge in [0.2, 0.25) is 5.91 Å². The lowest BCUT2D eigenvalue weighted by molar-refractivity contribution is -0.139. The molecule has 1 amide bonds. The summed E-state index contributed by atoms with van der Waals surface area (Å²) in [5.74, 6) is -0.952. The molecule has 0 aromatic carbocycles. The SMILES string of the molecule is CCCCCCCCCCCCN(CCCCCCCCCCCC)C(=O)CC[C@H](N)C(=O)O. The summed E-state index contributed by atoms with van der Waals surface area (Å²) in [5, 5.41) is 8.99. The van der Waals surface area contributed by atoms with E-state index in [4.69, 9.17) is 10.8 Å². The number of carboxylic acids is 1. The van der Waals surface area contributed by atoms with E-state index in [9.17, 15) is 9.59 Å². The van der Waals surface area contributed by atoms with Crippen molar-refractivity contribution < 1.29 is 14.7 Å². The normalized spacial score (nSPS) is 12.1. The van der Waals surface area contributed by atoms with Gasteiger partial charge in [-0.15, -0.1) is 0 Å². The van der Waals surface area contributed by atoms with Crippen molar-refractivity contribution in [1.82, 2.24) is 4.90 Å². The highest BCUT2D eigenvalue weighted by Crippen LogP contribution is 2.14. The number of nitrogens with zero attached hydrogens (tertiary/aromatic N) is 1. The summed E-state index contributed by atoms with van der Waals surface area (Å²) in [6.45, 7) is 6.11. The molecule has 0 saturated carbocycles. The van der Waals surface area contributed by atoms with Gasteiger partial charge in [-0.1, -0.05) is 129 Å². The summed E-state index contributed by atoms with van der Waals surface area (Å²) < 4.78 is 0. The lowest BCUT2D eigenvalue weighted by atomic mass is 10.1. The fraction of sp³-hybridized carbons (Fsp3) is 0.931. The van der Waals surface area contributed by atoms with Crippen LogP contribution in [0.2, 0.25) is 0 Å². The third-order valence-electron chi connectivity index (χ3n) is 6.90. The van der Waals surface area contributed by atoms with E-state index >= 15 is 0 Å². The summed E-state index contributed by atoms with van der Waals surface area (Å²) in [5.41, 5.74) is 5.61. The van der Waals surface area contributed by atoms with Crippen molar-refractivity contribution >= 4 is 11.9 Å². The predicted octanol–water partition coefficient (Wildman–Crippen LogP) is 7.85. The van der Waals surface area contributed by atoms with Gasteiger partial charge >= 0.3 is 5.97 Å². The Bertz CT molecular complexity index is 446. The molecule has 0 saturated heterocycles. The fourth-order valence-electron chi connectivity index (χ4n) is 4.50. The van der Waals surface area contributed by atoms with Crippen molar-refractivity contribution in [1.29, 1.82) is 0 Å². The maximum Gasteiger partial charge on any atom is 0.320 e. The van der Waals surface area contributed by atoms with Crippen LogP contribution in [-0.4, -0.2) is 41.0 Å². The molecule has 3 N–H and O–H groups in total. The number of aliphatic carboxylic acids is 1. The number of carboxylic acid groups (broad SMARTS) is 1. The smallest absolute Gasteiger partial charge is 0.320 e. The number of hydrogen-bond acceptors (Lipinski definition) is 3. The minimum absolute atomic E-state index is 0.0727. The van der Waals surface area contributed by atoms with Crippen LogP contribution in [0.15, 0.2) is 0 Å². The summed E-state index contributed by atoms with van der Waals surface area (Å²) in [7, 11) is 0. The van der Waals surface area contributed by atoms with Crippen molar-refractivity contribution in [3.63, 3.8) is 0 Å². The van der Waals surface area contributed by atoms with E-state index in [1.807, 2.05) is 4.90 Å². The van der Waals surface area contributed by atoms with Crippen LogP contribution in [0.5, 0.6) is 0 Å². The average molecular weight is 483 g/mol. The quantitative estimate of drug-likeness (QED) is 0.123. The minimum Gasteiger partial charge on any atom is -0.480 e. The van der Waals surface area contributed by atoms with Crippen molar-refractivity contribution in [3.05, 3.63) is 0 Å². The first-order valence-electron chi connectivity index (χ1n) is 14.8. The Hall–Kier alpha value is -1.10. The van der Waals surface area contributed by atoms with E-state index in [1.54, 1.807) is 0 Å². The minimum atomic E-state index is -1.02. The molecule has 0 aromatic heterocycles. The van der Waals surface area contributed by atoms with Gasteiger partial charge in [-0.2, -0.15) is 0 Å². The maximum absolute atomic E-state index is 12.7. The van der Waals surface area contributed by atoms with Crippen LogP contribution in [0, 0.1) is 0 Å². The van der Waals surface area contributed by atoms with Crippen LogP contribution in [0.4, 0.5) is 0 Å². The van der Waals surface area contributed by atoms with Gasteiger partial charge < -0.3 is 15.7 Å². The molecular weight excluding hydrogens is 424 g/mol. The van der Waals surface area contributed by atoms with Gasteiger partial charge in [0, 0.05) is 19.5 Å². The van der Waals surface area contributed by atoms with Gasteiger partial charge in [0.1, 0.15) is 6.04 Å². The van der Waals surface area contributed by atoms with E-state index in [2.05, 4.69) is 13.8 Å². The Morgan fingerprint density at radius 3 is 1.26 bits per heavy atom. The monoisotopic (exact) mass is 482 g/mol. The fourth-order valence-corrected chi connectivity index (χ4v) is 4.50. The summed E-state index contributed by atoms with van der Waals surface area (Å²) >= 11 is 0. The number of carbonyl (C=O) groups is 2. The predicted molar refractivity (Wildman–Crippen MR) is 145 cm³/mol. The molecule has 0 aliphatic rings. The molecule has 5 heteroatoms. The van der Waals surface area contributed by atoms with E-state index in [0.717, 1.165) is 25.9 Å². The number of nitrogens with two attached hydrogens (primary N) is 1. The van der Waals surface area contributed by atoms with Crippen molar-refractivity contribution in [3.8, 4) is 0 Å². The van der Waals surface area contributed by atoms with E-state index in [0.29, 0.717) is 0 Å². The largest absolute Gasteiger partial charge is 0.480 e. The highest BCUT2D eigenvalue weighted by molar-refractivity contribution is 5.78. The van der Waals surface area contributed by atoms with Gasteiger partial charge in [0.05, 0.1) is 0 Å². The Balaban J connectivity index is 4.08. The van der Waals surface area contributed by atoms with Crippen molar-refractivity contribution in [2.75, 3.05) is 13.1 Å². The van der Waals surface area contributed by atoms with Gasteiger partial charge in [-0.05, 0) is 19.3 Å². The second-order valence-electron chi connectivity index (χ2n) is 10.2. The average Bonchev–Trinajstić information content (AvgIpc) is 2.83. The molecule has 202 valence electrons. The second kappa shape index (κ2) is 25.0. The molecule has 0 rings (SSSR count). The highest BCUT2D eigenvalue weighted by atomic mass is 16.4. The Morgan fingerprint density at radius 1 is 0.618 bits per heavy atom. The number of hydrogen-bond donors (Lipinski definition) is 2. The second-order valence-corrected chi connectivity index (χ2v) is 10.2. The zero-order chi connectivity index (χ0) is 25.3. The van der Waals surface area contributed by atoms with Crippen molar-refractivity contribution in [2.24, 2.45) is 5.73 Å². The molecule has 0 heterocycles. The zero-order valence-electron chi connectivity index (χ0n) is 22.8. The van der Waals surface area contributed by atoms with Crippen LogP contribution < -0.4 is 5.73 Å². The highest BCUT2D eigenvalue weighted by Gasteiger charge is 2.17. The molecule has 5 nitrogen and oxygen atoms in total. The van der Waals surface area contributed by atoms with Gasteiger partial charge in [0.25, 0.3) is 0 Å². The standard InChI is InChI=1S/C29H58N2O3/c1-3-5-7-9-11-13-15-17-19-21-25-31(28(32)24-23-27(30)29(33)34)26-22-20-18-16-14-12-10-8-6-4-2/h27H,3-26,30H2,1-2H3,(H,33,34)/t27-/m0/s1. The molecule has 0 radical (unpaired) electrons. The van der Waals surface area contributed by atoms with E-state index < -0.39 is 12.0 Å². The van der Waals surface area contributed by atoms with Crippen LogP contribution in [0.3, 0.4) is 0 Å². The molecule has 0 aliphatic heterocycles. The van der Waals surface area contributed by atoms with Crippen molar-refractivity contribution in [2.45, 2.75) is 161 Å². The Kier molecular flexibility index (Phi) is 24.2. The third-order valence-corrected chi connectivity index (χ3v) is 6.90. The van der Waals surface area contributed by atoms with E-state index in [-0.39, 0.29) is 18.7 Å². The van der Waals surface area contributed by atoms with Gasteiger partial charge in [0.15, 0.2) is 0 Å². The van der Waals surface area contributed by atoms with Crippen LogP contribution in [0.25, 0.3) is 0 Å². The molecular formula is C29H58N2O3. The Morgan fingerprint density at radius 2 is 0.941 bits per heavy atom. The molecule has 0 spiro atoms. The van der Waals surface area contributed by atoms with Gasteiger partial charge in [-0.25, -0.2) is 0 Å². The molecule has 0 unspecified atom stereocenters. The number of carbonyl (C=O) groups excluding carboxylic acids is 1. The summed E-state index contributed by atoms with van der Waals surface area (Å²) in [4.78, 5) is 25.7. The summed E-state index contributed by atoms with van der Waals surface area (Å²) in [6.07, 6.45) is 26.2. The third kappa shape index (κ3) is 21.4. The number of rotatable bonds is 26. The summed E-state index contributed by atoms with van der Waals surface area (Å²) in [6, 6.07) is -0.944. The zero-order valence-corrected chi connectivity index (χ0v) is 22.8. The lowest BCUT2D eigenvalue weighted by Gasteiger charge is -2.23. The molecule has 0 bridgehead atoms. The van der Waals surface area contributed by atoms with Crippen LogP contribution in [-0.2, 0) is 9.59 Å². The number of unbranched alkanes of at least 4 members (excludes halogenated alkanes) is 18. The Labute approximate surface area is 211 Å². The topological polar surface area (TPSA) is 83.6 Å². The lowest BCUT2D eigenvalue weighted by Crippen LogP contribution is -2.36. The molecule has 0 aliphatic carbocycles.